The zero-order valence-corrected chi connectivity index (χ0v) is 14.1. The van der Waals surface area contributed by atoms with E-state index in [1.165, 1.54) is 0 Å². The quantitative estimate of drug-likeness (QED) is 0.902. The molecule has 23 heavy (non-hydrogen) atoms. The summed E-state index contributed by atoms with van der Waals surface area (Å²) >= 11 is 0. The lowest BCUT2D eigenvalue weighted by Gasteiger charge is -2.34. The van der Waals surface area contributed by atoms with Gasteiger partial charge in [0, 0.05) is 24.5 Å². The smallest absolute Gasteiger partial charge is 0.251 e. The second-order valence-corrected chi connectivity index (χ2v) is 6.24. The summed E-state index contributed by atoms with van der Waals surface area (Å²) in [5.41, 5.74) is 1.84. The number of amides is 1. The number of benzene rings is 1. The molecule has 124 valence electrons. The van der Waals surface area contributed by atoms with Crippen LogP contribution in [0.1, 0.15) is 30.1 Å². The van der Waals surface area contributed by atoms with Crippen molar-refractivity contribution in [2.45, 2.75) is 19.8 Å². The number of carbonyl (C=O) groups is 1. The molecule has 1 amide bonds. The number of rotatable bonds is 4. The van der Waals surface area contributed by atoms with Crippen molar-refractivity contribution in [3.63, 3.8) is 0 Å². The third-order valence-corrected chi connectivity index (χ3v) is 4.38. The molecule has 1 saturated heterocycles. The van der Waals surface area contributed by atoms with Gasteiger partial charge in [0.25, 0.3) is 5.91 Å². The predicted octanol–water partition coefficient (Wildman–Crippen LogP) is 2.41. The summed E-state index contributed by atoms with van der Waals surface area (Å²) in [6.07, 6.45) is 5.82. The molecular formula is C17H23ClN4O. The summed E-state index contributed by atoms with van der Waals surface area (Å²) in [5.74, 6) is -0.00762. The lowest BCUT2D eigenvalue weighted by molar-refractivity contribution is 0.0922. The highest BCUT2D eigenvalue weighted by molar-refractivity contribution is 5.94. The molecule has 0 atom stereocenters. The highest BCUT2D eigenvalue weighted by Gasteiger charge is 2.27. The van der Waals surface area contributed by atoms with E-state index in [2.05, 4.69) is 22.7 Å². The summed E-state index contributed by atoms with van der Waals surface area (Å²) in [7, 11) is 0. The highest BCUT2D eigenvalue weighted by atomic mass is 35.5. The second kappa shape index (κ2) is 7.62. The van der Waals surface area contributed by atoms with Crippen LogP contribution in [-0.2, 0) is 0 Å². The first-order valence-electron chi connectivity index (χ1n) is 7.75. The number of piperidine rings is 1. The lowest BCUT2D eigenvalue weighted by Crippen LogP contribution is -2.42. The maximum atomic E-state index is 12.3. The molecule has 2 heterocycles. The van der Waals surface area contributed by atoms with E-state index in [4.69, 9.17) is 0 Å². The Labute approximate surface area is 142 Å². The summed E-state index contributed by atoms with van der Waals surface area (Å²) in [6.45, 7) is 5.04. The van der Waals surface area contributed by atoms with Gasteiger partial charge in [-0.05, 0) is 61.7 Å². The Kier molecular flexibility index (Phi) is 5.80. The molecule has 1 aromatic carbocycles. The van der Waals surface area contributed by atoms with Crippen molar-refractivity contribution in [2.24, 2.45) is 5.41 Å². The van der Waals surface area contributed by atoms with Crippen molar-refractivity contribution in [2.75, 3.05) is 19.6 Å². The number of nitrogens with zero attached hydrogens (tertiary/aromatic N) is 2. The Morgan fingerprint density at radius 2 is 2.00 bits per heavy atom. The fraction of sp³-hybridized carbons (Fsp3) is 0.412. The standard InChI is InChI=1S/C17H22N4O.ClH/c1-17(7-10-18-11-8-17)13-19-16(22)14-3-5-15(6-4-14)21-12-2-9-20-21;/h2-6,9,12,18H,7-8,10-11,13H2,1H3,(H,19,22);1H. The van der Waals surface area contributed by atoms with Gasteiger partial charge in [-0.2, -0.15) is 5.10 Å². The topological polar surface area (TPSA) is 59.0 Å². The van der Waals surface area contributed by atoms with Crippen LogP contribution in [0.5, 0.6) is 0 Å². The number of nitrogens with one attached hydrogen (secondary N) is 2. The van der Waals surface area contributed by atoms with Crippen LogP contribution < -0.4 is 10.6 Å². The maximum absolute atomic E-state index is 12.3. The van der Waals surface area contributed by atoms with Crippen LogP contribution in [0.4, 0.5) is 0 Å². The predicted molar refractivity (Wildman–Crippen MR) is 93.4 cm³/mol. The Morgan fingerprint density at radius 1 is 1.30 bits per heavy atom. The van der Waals surface area contributed by atoms with E-state index in [1.807, 2.05) is 36.5 Å². The molecular weight excluding hydrogens is 312 g/mol. The maximum Gasteiger partial charge on any atom is 0.251 e. The fourth-order valence-electron chi connectivity index (χ4n) is 2.79. The number of hydrogen-bond donors (Lipinski definition) is 2. The van der Waals surface area contributed by atoms with E-state index in [0.29, 0.717) is 5.56 Å². The van der Waals surface area contributed by atoms with Gasteiger partial charge in [0.05, 0.1) is 5.69 Å². The van der Waals surface area contributed by atoms with Crippen LogP contribution in [0.3, 0.4) is 0 Å². The molecule has 0 unspecified atom stereocenters. The van der Waals surface area contributed by atoms with E-state index in [1.54, 1.807) is 10.9 Å². The molecule has 1 fully saturated rings. The molecule has 0 aliphatic carbocycles. The van der Waals surface area contributed by atoms with E-state index >= 15 is 0 Å². The van der Waals surface area contributed by atoms with Gasteiger partial charge >= 0.3 is 0 Å². The Morgan fingerprint density at radius 3 is 2.61 bits per heavy atom. The minimum Gasteiger partial charge on any atom is -0.351 e. The fourth-order valence-corrected chi connectivity index (χ4v) is 2.79. The molecule has 1 aliphatic heterocycles. The molecule has 5 nitrogen and oxygen atoms in total. The second-order valence-electron chi connectivity index (χ2n) is 6.24. The summed E-state index contributed by atoms with van der Waals surface area (Å²) in [5, 5.41) is 10.6. The van der Waals surface area contributed by atoms with E-state index in [-0.39, 0.29) is 23.7 Å². The minimum atomic E-state index is -0.00762. The van der Waals surface area contributed by atoms with Gasteiger partial charge < -0.3 is 10.6 Å². The van der Waals surface area contributed by atoms with Crippen LogP contribution in [0.2, 0.25) is 0 Å². The number of aromatic nitrogens is 2. The Balaban J connectivity index is 0.00000192. The first-order valence-corrected chi connectivity index (χ1v) is 7.75. The monoisotopic (exact) mass is 334 g/mol. The van der Waals surface area contributed by atoms with Gasteiger partial charge in [-0.25, -0.2) is 4.68 Å². The largest absolute Gasteiger partial charge is 0.351 e. The zero-order chi connectivity index (χ0) is 15.4. The van der Waals surface area contributed by atoms with Crippen LogP contribution in [0.15, 0.2) is 42.7 Å². The van der Waals surface area contributed by atoms with E-state index < -0.39 is 0 Å². The molecule has 2 N–H and O–H groups in total. The average Bonchev–Trinajstić information content (AvgIpc) is 3.08. The normalized spacial score (nSPS) is 16.4. The van der Waals surface area contributed by atoms with Crippen molar-refractivity contribution in [1.82, 2.24) is 20.4 Å². The summed E-state index contributed by atoms with van der Waals surface area (Å²) < 4.78 is 1.78. The molecule has 3 rings (SSSR count). The first kappa shape index (κ1) is 17.5. The molecule has 0 spiro atoms. The first-order chi connectivity index (χ1) is 10.7. The van der Waals surface area contributed by atoms with Gasteiger partial charge in [-0.1, -0.05) is 6.92 Å². The van der Waals surface area contributed by atoms with E-state index in [9.17, 15) is 4.79 Å². The third kappa shape index (κ3) is 4.33. The average molecular weight is 335 g/mol. The zero-order valence-electron chi connectivity index (χ0n) is 13.3. The van der Waals surface area contributed by atoms with Crippen molar-refractivity contribution in [3.8, 4) is 5.69 Å². The Hall–Kier alpha value is -1.85. The summed E-state index contributed by atoms with van der Waals surface area (Å²) in [4.78, 5) is 12.3. The number of halogens is 1. The van der Waals surface area contributed by atoms with Crippen molar-refractivity contribution < 1.29 is 4.79 Å². The highest BCUT2D eigenvalue weighted by Crippen LogP contribution is 2.26. The van der Waals surface area contributed by atoms with Gasteiger partial charge in [0.1, 0.15) is 0 Å². The van der Waals surface area contributed by atoms with E-state index in [0.717, 1.165) is 38.2 Å². The molecule has 2 aromatic rings. The van der Waals surface area contributed by atoms with Crippen molar-refractivity contribution in [3.05, 3.63) is 48.3 Å². The number of hydrogen-bond acceptors (Lipinski definition) is 3. The molecule has 1 aromatic heterocycles. The molecule has 0 saturated carbocycles. The Bertz CT molecular complexity index is 619. The summed E-state index contributed by atoms with van der Waals surface area (Å²) in [6, 6.07) is 9.39. The van der Waals surface area contributed by atoms with Crippen LogP contribution in [-0.4, -0.2) is 35.3 Å². The molecule has 1 aliphatic rings. The van der Waals surface area contributed by atoms with Crippen molar-refractivity contribution >= 4 is 18.3 Å². The van der Waals surface area contributed by atoms with Crippen LogP contribution in [0.25, 0.3) is 5.69 Å². The van der Waals surface area contributed by atoms with Crippen molar-refractivity contribution in [1.29, 1.82) is 0 Å². The minimum absolute atomic E-state index is 0. The van der Waals surface area contributed by atoms with Crippen LogP contribution >= 0.6 is 12.4 Å². The van der Waals surface area contributed by atoms with Gasteiger partial charge in [-0.15, -0.1) is 12.4 Å². The molecule has 0 radical (unpaired) electrons. The number of carbonyl (C=O) groups excluding carboxylic acids is 1. The molecule has 6 heteroatoms. The van der Waals surface area contributed by atoms with Crippen LogP contribution in [0, 0.1) is 5.41 Å². The van der Waals surface area contributed by atoms with Gasteiger partial charge in [-0.3, -0.25) is 4.79 Å². The SMILES string of the molecule is CC1(CNC(=O)c2ccc(-n3cccn3)cc2)CCNCC1.Cl. The van der Waals surface area contributed by atoms with Gasteiger partial charge in [0.2, 0.25) is 0 Å². The molecule has 0 bridgehead atoms. The lowest BCUT2D eigenvalue weighted by atomic mass is 9.81. The third-order valence-electron chi connectivity index (χ3n) is 4.38. The van der Waals surface area contributed by atoms with Gasteiger partial charge in [0.15, 0.2) is 0 Å².